The normalized spacial score (nSPS) is 16.2. The van der Waals surface area contributed by atoms with Crippen LogP contribution in [0.4, 0.5) is 11.6 Å². The SMILES string of the molecule is CC1CC(=O)Nc2c1c(NC(=O)c1cc3ccccc3oc1=O)nn2C. The number of aryl methyl sites for hydroxylation is 1. The van der Waals surface area contributed by atoms with Crippen LogP contribution in [0.15, 0.2) is 39.5 Å². The first-order valence-electron chi connectivity index (χ1n) is 8.15. The van der Waals surface area contributed by atoms with Crippen molar-refractivity contribution in [3.63, 3.8) is 0 Å². The molecule has 0 saturated heterocycles. The summed E-state index contributed by atoms with van der Waals surface area (Å²) in [6.07, 6.45) is 0.305. The molecule has 1 aliphatic heterocycles. The lowest BCUT2D eigenvalue weighted by Gasteiger charge is -2.20. The van der Waals surface area contributed by atoms with E-state index in [4.69, 9.17) is 4.42 Å². The van der Waals surface area contributed by atoms with Gasteiger partial charge in [0, 0.05) is 24.4 Å². The highest BCUT2D eigenvalue weighted by Crippen LogP contribution is 2.37. The molecule has 0 fully saturated rings. The summed E-state index contributed by atoms with van der Waals surface area (Å²) >= 11 is 0. The van der Waals surface area contributed by atoms with Gasteiger partial charge < -0.3 is 15.1 Å². The van der Waals surface area contributed by atoms with Crippen molar-refractivity contribution in [3.8, 4) is 0 Å². The number of hydrogen-bond donors (Lipinski definition) is 2. The number of rotatable bonds is 2. The molecule has 2 amide bonds. The Bertz CT molecular complexity index is 1110. The Hall–Kier alpha value is -3.42. The first-order chi connectivity index (χ1) is 12.4. The highest BCUT2D eigenvalue weighted by Gasteiger charge is 2.30. The zero-order valence-electron chi connectivity index (χ0n) is 14.2. The van der Waals surface area contributed by atoms with Gasteiger partial charge in [0.25, 0.3) is 5.91 Å². The summed E-state index contributed by atoms with van der Waals surface area (Å²) in [5.74, 6) is 0.0773. The number of nitrogens with one attached hydrogen (secondary N) is 2. The number of nitrogens with zero attached hydrogens (tertiary/aromatic N) is 2. The second-order valence-corrected chi connectivity index (χ2v) is 6.33. The minimum absolute atomic E-state index is 0.0962. The van der Waals surface area contributed by atoms with Crippen molar-refractivity contribution < 1.29 is 14.0 Å². The number of carbonyl (C=O) groups excluding carboxylic acids is 2. The highest BCUT2D eigenvalue weighted by atomic mass is 16.4. The van der Waals surface area contributed by atoms with Crippen LogP contribution < -0.4 is 16.3 Å². The maximum atomic E-state index is 12.6. The minimum atomic E-state index is -0.715. The monoisotopic (exact) mass is 352 g/mol. The number of benzene rings is 1. The summed E-state index contributed by atoms with van der Waals surface area (Å²) in [5.41, 5.74) is 0.342. The lowest BCUT2D eigenvalue weighted by atomic mass is 9.95. The van der Waals surface area contributed by atoms with Gasteiger partial charge in [-0.3, -0.25) is 14.3 Å². The van der Waals surface area contributed by atoms with Crippen molar-refractivity contribution in [1.29, 1.82) is 0 Å². The number of hydrogen-bond acceptors (Lipinski definition) is 5. The van der Waals surface area contributed by atoms with Gasteiger partial charge in [-0.25, -0.2) is 4.79 Å². The van der Waals surface area contributed by atoms with Crippen LogP contribution in [-0.4, -0.2) is 21.6 Å². The van der Waals surface area contributed by atoms with Gasteiger partial charge in [0.2, 0.25) is 5.91 Å². The van der Waals surface area contributed by atoms with Crippen molar-refractivity contribution in [2.45, 2.75) is 19.3 Å². The van der Waals surface area contributed by atoms with Crippen LogP contribution in [0.5, 0.6) is 0 Å². The van der Waals surface area contributed by atoms with Crippen LogP contribution in [0.25, 0.3) is 11.0 Å². The van der Waals surface area contributed by atoms with Crippen LogP contribution >= 0.6 is 0 Å². The Morgan fingerprint density at radius 2 is 2.12 bits per heavy atom. The third kappa shape index (κ3) is 2.55. The summed E-state index contributed by atoms with van der Waals surface area (Å²) < 4.78 is 6.71. The summed E-state index contributed by atoms with van der Waals surface area (Å²) in [6.45, 7) is 1.89. The number of carbonyl (C=O) groups is 2. The van der Waals surface area contributed by atoms with E-state index in [0.717, 1.165) is 5.56 Å². The third-order valence-corrected chi connectivity index (χ3v) is 4.44. The van der Waals surface area contributed by atoms with Crippen molar-refractivity contribution in [2.24, 2.45) is 7.05 Å². The predicted octanol–water partition coefficient (Wildman–Crippen LogP) is 2.22. The van der Waals surface area contributed by atoms with Crippen LogP contribution in [-0.2, 0) is 11.8 Å². The molecule has 0 bridgehead atoms. The van der Waals surface area contributed by atoms with Crippen molar-refractivity contribution >= 4 is 34.4 Å². The van der Waals surface area contributed by atoms with Gasteiger partial charge in [-0.1, -0.05) is 25.1 Å². The molecule has 132 valence electrons. The zero-order chi connectivity index (χ0) is 18.4. The molecular formula is C18H16N4O4. The van der Waals surface area contributed by atoms with E-state index in [1.54, 1.807) is 31.3 Å². The zero-order valence-corrected chi connectivity index (χ0v) is 14.2. The molecule has 1 aliphatic rings. The molecule has 1 unspecified atom stereocenters. The Kier molecular flexibility index (Phi) is 3.61. The quantitative estimate of drug-likeness (QED) is 0.688. The molecule has 1 aromatic carbocycles. The molecule has 8 heteroatoms. The van der Waals surface area contributed by atoms with E-state index in [1.165, 1.54) is 10.7 Å². The Morgan fingerprint density at radius 3 is 2.92 bits per heavy atom. The lowest BCUT2D eigenvalue weighted by molar-refractivity contribution is -0.116. The maximum Gasteiger partial charge on any atom is 0.349 e. The molecule has 3 heterocycles. The number of fused-ring (bicyclic) bond motifs is 2. The number of para-hydroxylation sites is 1. The van der Waals surface area contributed by atoms with Gasteiger partial charge in [0.15, 0.2) is 5.82 Å². The van der Waals surface area contributed by atoms with Gasteiger partial charge in [-0.2, -0.15) is 5.10 Å². The molecule has 0 radical (unpaired) electrons. The van der Waals surface area contributed by atoms with Gasteiger partial charge in [0.05, 0.1) is 0 Å². The topological polar surface area (TPSA) is 106 Å². The van der Waals surface area contributed by atoms with Crippen LogP contribution in [0.3, 0.4) is 0 Å². The fourth-order valence-electron chi connectivity index (χ4n) is 3.21. The Labute approximate surface area is 147 Å². The average molecular weight is 352 g/mol. The van der Waals surface area contributed by atoms with Crippen molar-refractivity contribution in [3.05, 3.63) is 51.9 Å². The van der Waals surface area contributed by atoms with Gasteiger partial charge in [-0.15, -0.1) is 0 Å². The van der Waals surface area contributed by atoms with Gasteiger partial charge in [0.1, 0.15) is 17.0 Å². The van der Waals surface area contributed by atoms with Crippen molar-refractivity contribution in [2.75, 3.05) is 10.6 Å². The predicted molar refractivity (Wildman–Crippen MR) is 95.3 cm³/mol. The number of anilines is 2. The standard InChI is InChI=1S/C18H16N4O4/c1-9-7-13(23)19-16-14(9)15(21-22(16)2)20-17(24)11-8-10-5-3-4-6-12(10)26-18(11)25/h3-6,8-9H,7H2,1-2H3,(H,19,23)(H,20,21,24). The van der Waals surface area contributed by atoms with Crippen LogP contribution in [0, 0.1) is 0 Å². The summed E-state index contributed by atoms with van der Waals surface area (Å²) in [5, 5.41) is 10.4. The lowest BCUT2D eigenvalue weighted by Crippen LogP contribution is -2.24. The molecule has 3 aromatic rings. The van der Waals surface area contributed by atoms with E-state index in [2.05, 4.69) is 15.7 Å². The molecule has 4 rings (SSSR count). The first kappa shape index (κ1) is 16.1. The van der Waals surface area contributed by atoms with Gasteiger partial charge >= 0.3 is 5.63 Å². The molecule has 1 atom stereocenters. The Balaban J connectivity index is 1.72. The first-order valence-corrected chi connectivity index (χ1v) is 8.15. The largest absolute Gasteiger partial charge is 0.422 e. The summed E-state index contributed by atoms with van der Waals surface area (Å²) in [6, 6.07) is 8.47. The van der Waals surface area contributed by atoms with E-state index < -0.39 is 11.5 Å². The van der Waals surface area contributed by atoms with Crippen LogP contribution in [0.2, 0.25) is 0 Å². The van der Waals surface area contributed by atoms with Gasteiger partial charge in [-0.05, 0) is 18.1 Å². The molecule has 8 nitrogen and oxygen atoms in total. The summed E-state index contributed by atoms with van der Waals surface area (Å²) in [7, 11) is 1.68. The fourth-order valence-corrected chi connectivity index (χ4v) is 3.21. The smallest absolute Gasteiger partial charge is 0.349 e. The molecule has 2 aromatic heterocycles. The highest BCUT2D eigenvalue weighted by molar-refractivity contribution is 6.06. The second-order valence-electron chi connectivity index (χ2n) is 6.33. The van der Waals surface area contributed by atoms with E-state index in [1.807, 2.05) is 6.92 Å². The van der Waals surface area contributed by atoms with E-state index >= 15 is 0 Å². The van der Waals surface area contributed by atoms with Crippen molar-refractivity contribution in [1.82, 2.24) is 9.78 Å². The second kappa shape index (κ2) is 5.83. The fraction of sp³-hybridized carbons (Fsp3) is 0.222. The maximum absolute atomic E-state index is 12.6. The average Bonchev–Trinajstić information content (AvgIpc) is 2.90. The van der Waals surface area contributed by atoms with Crippen LogP contribution in [0.1, 0.15) is 35.2 Å². The third-order valence-electron chi connectivity index (χ3n) is 4.44. The van der Waals surface area contributed by atoms with E-state index in [9.17, 15) is 14.4 Å². The molecular weight excluding hydrogens is 336 g/mol. The molecule has 2 N–H and O–H groups in total. The Morgan fingerprint density at radius 1 is 1.35 bits per heavy atom. The molecule has 0 aliphatic carbocycles. The minimum Gasteiger partial charge on any atom is -0.422 e. The molecule has 0 spiro atoms. The summed E-state index contributed by atoms with van der Waals surface area (Å²) in [4.78, 5) is 36.5. The molecule has 26 heavy (non-hydrogen) atoms. The number of aromatic nitrogens is 2. The van der Waals surface area contributed by atoms with E-state index in [-0.39, 0.29) is 17.4 Å². The molecule has 0 saturated carbocycles. The number of amides is 2. The van der Waals surface area contributed by atoms with E-state index in [0.29, 0.717) is 29.0 Å².